The van der Waals surface area contributed by atoms with Crippen LogP contribution < -0.4 is 0 Å². The van der Waals surface area contributed by atoms with Crippen molar-refractivity contribution in [2.75, 3.05) is 19.6 Å². The molecule has 0 saturated carbocycles. The maximum absolute atomic E-state index is 2.70. The topological polar surface area (TPSA) is 3.24 Å². The highest BCUT2D eigenvalue weighted by atomic mass is 28.3. The molecule has 0 bridgehead atoms. The predicted octanol–water partition coefficient (Wildman–Crippen LogP) is 5.25. The number of allylic oxidation sites excluding steroid dienone is 1. The van der Waals surface area contributed by atoms with Crippen molar-refractivity contribution < 1.29 is 0 Å². The fourth-order valence-electron chi connectivity index (χ4n) is 3.81. The summed E-state index contributed by atoms with van der Waals surface area (Å²) in [5, 5.41) is 0. The van der Waals surface area contributed by atoms with Crippen LogP contribution in [-0.4, -0.2) is 32.6 Å². The number of hydrogen-bond acceptors (Lipinski definition) is 1. The van der Waals surface area contributed by atoms with E-state index in [4.69, 9.17) is 0 Å². The summed E-state index contributed by atoms with van der Waals surface area (Å²) in [5.74, 6) is 0. The molecule has 0 aromatic carbocycles. The standard InChI is InChI=1S/C17H35NSi/c1-4-14-19(15-5-2,16-6-3)17-10-13-18-11-8-7-9-12-18/h4,14H,5-13,15-17H2,1-3H3/b14-4-. The Morgan fingerprint density at radius 3 is 2.11 bits per heavy atom. The molecule has 1 fully saturated rings. The van der Waals surface area contributed by atoms with Gasteiger partial charge in [0.15, 0.2) is 0 Å². The number of hydrogen-bond donors (Lipinski definition) is 0. The molecule has 0 spiro atoms. The van der Waals surface area contributed by atoms with E-state index in [0.29, 0.717) is 0 Å². The second kappa shape index (κ2) is 9.76. The van der Waals surface area contributed by atoms with E-state index < -0.39 is 8.07 Å². The molecule has 1 rings (SSSR count). The summed E-state index contributed by atoms with van der Waals surface area (Å²) in [6, 6.07) is 4.53. The minimum atomic E-state index is -1.09. The molecular formula is C17H35NSi. The highest BCUT2D eigenvalue weighted by Crippen LogP contribution is 2.28. The first kappa shape index (κ1) is 17.0. The van der Waals surface area contributed by atoms with E-state index >= 15 is 0 Å². The first-order chi connectivity index (χ1) is 9.26. The van der Waals surface area contributed by atoms with Crippen molar-refractivity contribution in [2.24, 2.45) is 0 Å². The van der Waals surface area contributed by atoms with Crippen LogP contribution in [0.2, 0.25) is 18.1 Å². The number of nitrogens with zero attached hydrogens (tertiary/aromatic N) is 1. The van der Waals surface area contributed by atoms with Gasteiger partial charge in [-0.2, -0.15) is 0 Å². The van der Waals surface area contributed by atoms with Gasteiger partial charge >= 0.3 is 0 Å². The summed E-state index contributed by atoms with van der Waals surface area (Å²) in [5.41, 5.74) is 2.65. The Balaban J connectivity index is 2.41. The van der Waals surface area contributed by atoms with E-state index in [0.717, 1.165) is 0 Å². The molecule has 0 N–H and O–H groups in total. The van der Waals surface area contributed by atoms with Crippen molar-refractivity contribution in [2.45, 2.75) is 77.4 Å². The molecule has 0 amide bonds. The van der Waals surface area contributed by atoms with Crippen molar-refractivity contribution >= 4 is 8.07 Å². The first-order valence-electron chi connectivity index (χ1n) is 8.62. The van der Waals surface area contributed by atoms with Gasteiger partial charge in [0.05, 0.1) is 8.07 Å². The number of rotatable bonds is 9. The molecule has 0 aliphatic carbocycles. The van der Waals surface area contributed by atoms with E-state index in [1.54, 1.807) is 0 Å². The third-order valence-electron chi connectivity index (χ3n) is 4.61. The van der Waals surface area contributed by atoms with Crippen LogP contribution in [0.25, 0.3) is 0 Å². The number of piperidine rings is 1. The Kier molecular flexibility index (Phi) is 8.72. The van der Waals surface area contributed by atoms with Crippen LogP contribution in [0.3, 0.4) is 0 Å². The molecule has 1 nitrogen and oxygen atoms in total. The van der Waals surface area contributed by atoms with E-state index in [-0.39, 0.29) is 0 Å². The molecule has 19 heavy (non-hydrogen) atoms. The fourth-order valence-corrected chi connectivity index (χ4v) is 8.62. The van der Waals surface area contributed by atoms with Gasteiger partial charge in [0.2, 0.25) is 0 Å². The molecule has 2 heteroatoms. The molecule has 0 unspecified atom stereocenters. The lowest BCUT2D eigenvalue weighted by Gasteiger charge is -2.31. The van der Waals surface area contributed by atoms with Crippen molar-refractivity contribution in [1.29, 1.82) is 0 Å². The molecule has 0 aromatic heterocycles. The maximum atomic E-state index is 2.70. The third kappa shape index (κ3) is 6.27. The Hall–Kier alpha value is -0.0831. The van der Waals surface area contributed by atoms with Crippen LogP contribution in [0, 0.1) is 0 Å². The monoisotopic (exact) mass is 281 g/mol. The molecular weight excluding hydrogens is 246 g/mol. The second-order valence-electron chi connectivity index (χ2n) is 6.37. The lowest BCUT2D eigenvalue weighted by atomic mass is 10.1. The Morgan fingerprint density at radius 2 is 1.58 bits per heavy atom. The zero-order valence-corrected chi connectivity index (χ0v) is 14.6. The zero-order chi connectivity index (χ0) is 14.0. The second-order valence-corrected chi connectivity index (χ2v) is 10.9. The van der Waals surface area contributed by atoms with Crippen LogP contribution in [0.5, 0.6) is 0 Å². The Bertz CT molecular complexity index is 238. The normalized spacial score (nSPS) is 18.3. The van der Waals surface area contributed by atoms with Gasteiger partial charge in [0, 0.05) is 0 Å². The van der Waals surface area contributed by atoms with Gasteiger partial charge in [-0.1, -0.05) is 63.0 Å². The summed E-state index contributed by atoms with van der Waals surface area (Å²) in [7, 11) is -1.09. The van der Waals surface area contributed by atoms with Gasteiger partial charge in [-0.25, -0.2) is 0 Å². The molecule has 0 radical (unpaired) electrons. The quantitative estimate of drug-likeness (QED) is 0.522. The van der Waals surface area contributed by atoms with E-state index in [1.165, 1.54) is 76.3 Å². The summed E-state index contributed by atoms with van der Waals surface area (Å²) in [6.45, 7) is 11.0. The molecule has 1 heterocycles. The van der Waals surface area contributed by atoms with Gasteiger partial charge in [-0.15, -0.1) is 0 Å². The highest BCUT2D eigenvalue weighted by molar-refractivity contribution is 6.84. The van der Waals surface area contributed by atoms with Crippen LogP contribution in [0.4, 0.5) is 0 Å². The molecule has 0 aromatic rings. The van der Waals surface area contributed by atoms with Crippen molar-refractivity contribution in [3.63, 3.8) is 0 Å². The van der Waals surface area contributed by atoms with Crippen LogP contribution in [0.1, 0.15) is 59.3 Å². The molecule has 1 aliphatic heterocycles. The minimum absolute atomic E-state index is 1.09. The Morgan fingerprint density at radius 1 is 0.947 bits per heavy atom. The first-order valence-corrected chi connectivity index (χ1v) is 11.3. The average molecular weight is 282 g/mol. The van der Waals surface area contributed by atoms with Gasteiger partial charge in [-0.3, -0.25) is 0 Å². The average Bonchev–Trinajstić information content (AvgIpc) is 2.41. The molecule has 1 saturated heterocycles. The lowest BCUT2D eigenvalue weighted by molar-refractivity contribution is 0.229. The lowest BCUT2D eigenvalue weighted by Crippen LogP contribution is -2.35. The Labute approximate surface area is 122 Å². The summed E-state index contributed by atoms with van der Waals surface area (Å²) >= 11 is 0. The van der Waals surface area contributed by atoms with Crippen molar-refractivity contribution in [1.82, 2.24) is 4.90 Å². The largest absolute Gasteiger partial charge is 0.303 e. The maximum Gasteiger partial charge on any atom is 0.0774 e. The molecule has 1 aliphatic rings. The minimum Gasteiger partial charge on any atom is -0.303 e. The van der Waals surface area contributed by atoms with E-state index in [1.807, 2.05) is 0 Å². The summed E-state index contributed by atoms with van der Waals surface area (Å²) in [6.07, 6.45) is 10.9. The summed E-state index contributed by atoms with van der Waals surface area (Å²) < 4.78 is 0. The molecule has 0 atom stereocenters. The zero-order valence-electron chi connectivity index (χ0n) is 13.6. The van der Waals surface area contributed by atoms with Crippen molar-refractivity contribution in [3.05, 3.63) is 11.8 Å². The van der Waals surface area contributed by atoms with Crippen LogP contribution in [0.15, 0.2) is 11.8 Å². The van der Waals surface area contributed by atoms with Gasteiger partial charge < -0.3 is 4.90 Å². The number of likely N-dealkylation sites (tertiary alicyclic amines) is 1. The predicted molar refractivity (Wildman–Crippen MR) is 90.5 cm³/mol. The van der Waals surface area contributed by atoms with Crippen LogP contribution in [-0.2, 0) is 0 Å². The summed E-state index contributed by atoms with van der Waals surface area (Å²) in [4.78, 5) is 2.70. The SMILES string of the molecule is C/C=C\[Si](CCC)(CCC)CCCN1CCCCC1. The fraction of sp³-hybridized carbons (Fsp3) is 0.882. The third-order valence-corrected chi connectivity index (χ3v) is 10.00. The highest BCUT2D eigenvalue weighted by Gasteiger charge is 2.27. The van der Waals surface area contributed by atoms with E-state index in [9.17, 15) is 0 Å². The van der Waals surface area contributed by atoms with E-state index in [2.05, 4.69) is 37.4 Å². The smallest absolute Gasteiger partial charge is 0.0774 e. The van der Waals surface area contributed by atoms with Gasteiger partial charge in [-0.05, 0) is 45.8 Å². The van der Waals surface area contributed by atoms with Crippen LogP contribution >= 0.6 is 0 Å². The molecule has 112 valence electrons. The van der Waals surface area contributed by atoms with Gasteiger partial charge in [0.1, 0.15) is 0 Å². The van der Waals surface area contributed by atoms with Gasteiger partial charge in [0.25, 0.3) is 0 Å². The van der Waals surface area contributed by atoms with Crippen molar-refractivity contribution in [3.8, 4) is 0 Å².